The maximum atomic E-state index is 3.56. The van der Waals surface area contributed by atoms with Crippen molar-refractivity contribution in [2.45, 2.75) is 19.3 Å². The predicted octanol–water partition coefficient (Wildman–Crippen LogP) is 2.30. The Labute approximate surface area is 108 Å². The molecular formula is C12H21ClN2S. The third-order valence-corrected chi connectivity index (χ3v) is 3.90. The van der Waals surface area contributed by atoms with Crippen LogP contribution in [0.4, 0.5) is 0 Å². The summed E-state index contributed by atoms with van der Waals surface area (Å²) in [6.07, 6.45) is 3.91. The summed E-state index contributed by atoms with van der Waals surface area (Å²) in [5, 5.41) is 9.16. The van der Waals surface area contributed by atoms with Crippen LogP contribution in [0.25, 0.3) is 0 Å². The van der Waals surface area contributed by atoms with Gasteiger partial charge in [-0.05, 0) is 62.8 Å². The van der Waals surface area contributed by atoms with Crippen LogP contribution in [0.3, 0.4) is 0 Å². The molecule has 2 nitrogen and oxygen atoms in total. The van der Waals surface area contributed by atoms with Crippen molar-refractivity contribution in [3.05, 3.63) is 22.4 Å². The summed E-state index contributed by atoms with van der Waals surface area (Å²) in [6, 6.07) is 4.35. The van der Waals surface area contributed by atoms with Crippen LogP contribution in [0, 0.1) is 5.92 Å². The lowest BCUT2D eigenvalue weighted by Crippen LogP contribution is -2.36. The number of hydrogen-bond acceptors (Lipinski definition) is 3. The van der Waals surface area contributed by atoms with Crippen LogP contribution in [0.5, 0.6) is 0 Å². The van der Waals surface area contributed by atoms with Crippen molar-refractivity contribution in [2.24, 2.45) is 5.92 Å². The van der Waals surface area contributed by atoms with Crippen molar-refractivity contribution in [3.63, 3.8) is 0 Å². The van der Waals surface area contributed by atoms with E-state index in [0.29, 0.717) is 0 Å². The average Bonchev–Trinajstić information content (AvgIpc) is 2.79. The second kappa shape index (κ2) is 8.07. The molecule has 0 spiro atoms. The summed E-state index contributed by atoms with van der Waals surface area (Å²) < 4.78 is 0. The molecule has 1 unspecified atom stereocenters. The highest BCUT2D eigenvalue weighted by Crippen LogP contribution is 2.10. The fraction of sp³-hybridized carbons (Fsp3) is 0.667. The van der Waals surface area contributed by atoms with E-state index in [4.69, 9.17) is 0 Å². The number of halogens is 1. The van der Waals surface area contributed by atoms with Crippen molar-refractivity contribution in [1.82, 2.24) is 10.6 Å². The van der Waals surface area contributed by atoms with Gasteiger partial charge in [0.15, 0.2) is 0 Å². The van der Waals surface area contributed by atoms with Gasteiger partial charge in [0.25, 0.3) is 0 Å². The van der Waals surface area contributed by atoms with Crippen LogP contribution < -0.4 is 10.6 Å². The minimum Gasteiger partial charge on any atom is -0.316 e. The van der Waals surface area contributed by atoms with E-state index in [0.717, 1.165) is 12.5 Å². The minimum absolute atomic E-state index is 0. The lowest BCUT2D eigenvalue weighted by molar-refractivity contribution is 0.361. The molecule has 0 amide bonds. The fourth-order valence-corrected chi connectivity index (χ4v) is 2.78. The highest BCUT2D eigenvalue weighted by Gasteiger charge is 2.11. The lowest BCUT2D eigenvalue weighted by Gasteiger charge is -2.22. The van der Waals surface area contributed by atoms with Gasteiger partial charge in [-0.25, -0.2) is 0 Å². The van der Waals surface area contributed by atoms with Crippen molar-refractivity contribution >= 4 is 23.7 Å². The van der Waals surface area contributed by atoms with Gasteiger partial charge in [-0.3, -0.25) is 0 Å². The number of hydrogen-bond donors (Lipinski definition) is 2. The number of nitrogens with one attached hydrogen (secondary N) is 2. The first-order chi connectivity index (χ1) is 7.45. The molecule has 0 saturated carbocycles. The van der Waals surface area contributed by atoms with Crippen LogP contribution >= 0.6 is 23.7 Å². The summed E-state index contributed by atoms with van der Waals surface area (Å²) in [5.41, 5.74) is 0. The highest BCUT2D eigenvalue weighted by atomic mass is 35.5. The Morgan fingerprint density at radius 1 is 1.50 bits per heavy atom. The molecule has 1 aliphatic rings. The largest absolute Gasteiger partial charge is 0.316 e. The normalized spacial score (nSPS) is 20.4. The SMILES string of the molecule is Cl.c1csc(CCNCC2CCCNC2)c1. The third-order valence-electron chi connectivity index (χ3n) is 2.96. The zero-order chi connectivity index (χ0) is 10.3. The van der Waals surface area contributed by atoms with Gasteiger partial charge in [0.2, 0.25) is 0 Å². The van der Waals surface area contributed by atoms with Gasteiger partial charge in [-0.15, -0.1) is 23.7 Å². The summed E-state index contributed by atoms with van der Waals surface area (Å²) in [7, 11) is 0. The molecule has 4 heteroatoms. The Kier molecular flexibility index (Phi) is 7.05. The molecule has 2 N–H and O–H groups in total. The molecule has 0 aliphatic carbocycles. The topological polar surface area (TPSA) is 24.1 Å². The second-order valence-electron chi connectivity index (χ2n) is 4.25. The molecule has 2 rings (SSSR count). The van der Waals surface area contributed by atoms with Gasteiger partial charge in [-0.2, -0.15) is 0 Å². The zero-order valence-corrected chi connectivity index (χ0v) is 11.2. The fourth-order valence-electron chi connectivity index (χ4n) is 2.07. The molecule has 1 aromatic heterocycles. The maximum absolute atomic E-state index is 3.56. The van der Waals surface area contributed by atoms with E-state index in [-0.39, 0.29) is 12.4 Å². The number of thiophene rings is 1. The summed E-state index contributed by atoms with van der Waals surface area (Å²) in [6.45, 7) is 4.72. The molecule has 1 aromatic rings. The minimum atomic E-state index is 0. The van der Waals surface area contributed by atoms with Gasteiger partial charge in [0, 0.05) is 4.88 Å². The van der Waals surface area contributed by atoms with Gasteiger partial charge in [0.1, 0.15) is 0 Å². The van der Waals surface area contributed by atoms with Crippen molar-refractivity contribution in [2.75, 3.05) is 26.2 Å². The molecule has 1 atom stereocenters. The van der Waals surface area contributed by atoms with E-state index in [2.05, 4.69) is 28.1 Å². The summed E-state index contributed by atoms with van der Waals surface area (Å²) in [5.74, 6) is 0.849. The molecule has 0 radical (unpaired) electrons. The standard InChI is InChI=1S/C12H20N2S.ClH/c1-3-11(9-13-6-1)10-14-7-5-12-4-2-8-15-12;/h2,4,8,11,13-14H,1,3,5-7,9-10H2;1H. The van der Waals surface area contributed by atoms with Crippen LogP contribution in [-0.2, 0) is 6.42 Å². The van der Waals surface area contributed by atoms with E-state index in [1.807, 2.05) is 11.3 Å². The second-order valence-corrected chi connectivity index (χ2v) is 5.28. The lowest BCUT2D eigenvalue weighted by atomic mass is 10.00. The van der Waals surface area contributed by atoms with Crippen LogP contribution in [-0.4, -0.2) is 26.2 Å². The van der Waals surface area contributed by atoms with E-state index >= 15 is 0 Å². The number of piperidine rings is 1. The Balaban J connectivity index is 0.00000128. The first-order valence-corrected chi connectivity index (χ1v) is 6.77. The maximum Gasteiger partial charge on any atom is 0.00578 e. The van der Waals surface area contributed by atoms with Crippen LogP contribution in [0.15, 0.2) is 17.5 Å². The van der Waals surface area contributed by atoms with Crippen molar-refractivity contribution in [1.29, 1.82) is 0 Å². The predicted molar refractivity (Wildman–Crippen MR) is 73.7 cm³/mol. The first-order valence-electron chi connectivity index (χ1n) is 5.89. The molecule has 1 fully saturated rings. The van der Waals surface area contributed by atoms with Crippen molar-refractivity contribution < 1.29 is 0 Å². The van der Waals surface area contributed by atoms with Gasteiger partial charge < -0.3 is 10.6 Å². The molecule has 16 heavy (non-hydrogen) atoms. The van der Waals surface area contributed by atoms with Crippen LogP contribution in [0.1, 0.15) is 17.7 Å². The monoisotopic (exact) mass is 260 g/mol. The Hall–Kier alpha value is -0.0900. The number of rotatable bonds is 5. The molecule has 2 heterocycles. The van der Waals surface area contributed by atoms with Gasteiger partial charge >= 0.3 is 0 Å². The summed E-state index contributed by atoms with van der Waals surface area (Å²) >= 11 is 1.86. The Morgan fingerprint density at radius 3 is 3.12 bits per heavy atom. The molecule has 0 aromatic carbocycles. The van der Waals surface area contributed by atoms with E-state index in [9.17, 15) is 0 Å². The van der Waals surface area contributed by atoms with E-state index < -0.39 is 0 Å². The first kappa shape index (κ1) is 14.0. The van der Waals surface area contributed by atoms with Crippen molar-refractivity contribution in [3.8, 4) is 0 Å². The smallest absolute Gasteiger partial charge is 0.00578 e. The molecular weight excluding hydrogens is 240 g/mol. The third kappa shape index (κ3) is 4.83. The Bertz CT molecular complexity index is 258. The Morgan fingerprint density at radius 2 is 2.44 bits per heavy atom. The van der Waals surface area contributed by atoms with E-state index in [1.165, 1.54) is 43.8 Å². The van der Waals surface area contributed by atoms with Gasteiger partial charge in [0.05, 0.1) is 0 Å². The molecule has 92 valence electrons. The van der Waals surface area contributed by atoms with Gasteiger partial charge in [-0.1, -0.05) is 6.07 Å². The molecule has 0 bridgehead atoms. The van der Waals surface area contributed by atoms with Crippen LogP contribution in [0.2, 0.25) is 0 Å². The van der Waals surface area contributed by atoms with E-state index in [1.54, 1.807) is 0 Å². The highest BCUT2D eigenvalue weighted by molar-refractivity contribution is 7.09. The average molecular weight is 261 g/mol. The zero-order valence-electron chi connectivity index (χ0n) is 9.58. The summed E-state index contributed by atoms with van der Waals surface area (Å²) in [4.78, 5) is 1.49. The quantitative estimate of drug-likeness (QED) is 0.794. The molecule has 1 saturated heterocycles. The molecule has 1 aliphatic heterocycles.